The second-order valence-electron chi connectivity index (χ2n) is 4.77. The minimum absolute atomic E-state index is 0.0423. The maximum absolute atomic E-state index is 11.8. The number of phenols is 1. The Kier molecular flexibility index (Phi) is 4.70. The molecule has 2 aromatic rings. The standard InChI is InChI=1S/C16H16ClNO3/c1-10-3-6-15(11(2)7-10)21-9-16(20)18-13-8-12(17)4-5-14(13)19/h3-8,19H,9H2,1-2H3,(H,18,20). The van der Waals surface area contributed by atoms with E-state index in [-0.39, 0.29) is 24.0 Å². The van der Waals surface area contributed by atoms with Crippen molar-refractivity contribution >= 4 is 23.2 Å². The Morgan fingerprint density at radius 3 is 2.71 bits per heavy atom. The lowest BCUT2D eigenvalue weighted by atomic mass is 10.1. The lowest BCUT2D eigenvalue weighted by Gasteiger charge is -2.11. The molecule has 0 fully saturated rings. The van der Waals surface area contributed by atoms with E-state index in [0.29, 0.717) is 10.8 Å². The molecule has 0 aliphatic heterocycles. The number of rotatable bonds is 4. The normalized spacial score (nSPS) is 10.2. The van der Waals surface area contributed by atoms with E-state index in [1.165, 1.54) is 12.1 Å². The number of halogens is 1. The Morgan fingerprint density at radius 1 is 1.24 bits per heavy atom. The van der Waals surface area contributed by atoms with Crippen LogP contribution >= 0.6 is 11.6 Å². The molecule has 0 saturated carbocycles. The number of amides is 1. The summed E-state index contributed by atoms with van der Waals surface area (Å²) in [4.78, 5) is 11.8. The summed E-state index contributed by atoms with van der Waals surface area (Å²) in [5.74, 6) is 0.248. The number of aryl methyl sites for hydroxylation is 2. The van der Waals surface area contributed by atoms with Crippen molar-refractivity contribution in [2.24, 2.45) is 0 Å². The van der Waals surface area contributed by atoms with E-state index in [1.54, 1.807) is 6.07 Å². The maximum atomic E-state index is 11.8. The summed E-state index contributed by atoms with van der Waals surface area (Å²) in [7, 11) is 0. The fourth-order valence-electron chi connectivity index (χ4n) is 1.90. The summed E-state index contributed by atoms with van der Waals surface area (Å²) in [5, 5.41) is 12.6. The van der Waals surface area contributed by atoms with Crippen LogP contribution in [0.2, 0.25) is 5.02 Å². The molecule has 2 aromatic carbocycles. The molecule has 0 saturated heterocycles. The van der Waals surface area contributed by atoms with Gasteiger partial charge in [-0.05, 0) is 43.7 Å². The number of ether oxygens (including phenoxy) is 1. The van der Waals surface area contributed by atoms with Crippen LogP contribution in [-0.2, 0) is 4.79 Å². The van der Waals surface area contributed by atoms with Crippen molar-refractivity contribution in [1.29, 1.82) is 0 Å². The van der Waals surface area contributed by atoms with Crippen molar-refractivity contribution in [2.45, 2.75) is 13.8 Å². The molecule has 110 valence electrons. The SMILES string of the molecule is Cc1ccc(OCC(=O)Nc2cc(Cl)ccc2O)c(C)c1. The highest BCUT2D eigenvalue weighted by atomic mass is 35.5. The number of carbonyl (C=O) groups is 1. The highest BCUT2D eigenvalue weighted by Crippen LogP contribution is 2.26. The van der Waals surface area contributed by atoms with Crippen LogP contribution in [0.15, 0.2) is 36.4 Å². The van der Waals surface area contributed by atoms with Gasteiger partial charge < -0.3 is 15.2 Å². The van der Waals surface area contributed by atoms with Crippen LogP contribution in [0, 0.1) is 13.8 Å². The summed E-state index contributed by atoms with van der Waals surface area (Å²) >= 11 is 5.82. The van der Waals surface area contributed by atoms with E-state index < -0.39 is 0 Å². The fourth-order valence-corrected chi connectivity index (χ4v) is 2.07. The Balaban J connectivity index is 1.97. The van der Waals surface area contributed by atoms with Gasteiger partial charge in [0.2, 0.25) is 0 Å². The first kappa shape index (κ1) is 15.2. The molecular formula is C16H16ClNO3. The van der Waals surface area contributed by atoms with Crippen molar-refractivity contribution in [3.05, 3.63) is 52.5 Å². The number of aromatic hydroxyl groups is 1. The zero-order valence-corrected chi connectivity index (χ0v) is 12.6. The van der Waals surface area contributed by atoms with Gasteiger partial charge in [-0.2, -0.15) is 0 Å². The molecule has 0 heterocycles. The minimum Gasteiger partial charge on any atom is -0.506 e. The van der Waals surface area contributed by atoms with Crippen molar-refractivity contribution in [1.82, 2.24) is 0 Å². The van der Waals surface area contributed by atoms with Gasteiger partial charge in [-0.1, -0.05) is 29.3 Å². The third-order valence-electron chi connectivity index (χ3n) is 2.92. The molecule has 0 bridgehead atoms. The Bertz CT molecular complexity index is 671. The van der Waals surface area contributed by atoms with Crippen LogP contribution in [0.3, 0.4) is 0 Å². The summed E-state index contributed by atoms with van der Waals surface area (Å²) in [6.07, 6.45) is 0. The number of benzene rings is 2. The maximum Gasteiger partial charge on any atom is 0.262 e. The molecule has 2 rings (SSSR count). The molecule has 0 aliphatic carbocycles. The smallest absolute Gasteiger partial charge is 0.262 e. The Labute approximate surface area is 128 Å². The Hall–Kier alpha value is -2.20. The van der Waals surface area contributed by atoms with Gasteiger partial charge in [0.1, 0.15) is 11.5 Å². The molecule has 0 radical (unpaired) electrons. The average Bonchev–Trinajstić information content (AvgIpc) is 2.42. The number of anilines is 1. The highest BCUT2D eigenvalue weighted by Gasteiger charge is 2.09. The van der Waals surface area contributed by atoms with Crippen LogP contribution in [0.1, 0.15) is 11.1 Å². The van der Waals surface area contributed by atoms with Crippen molar-refractivity contribution in [2.75, 3.05) is 11.9 Å². The van der Waals surface area contributed by atoms with Crippen LogP contribution in [0.5, 0.6) is 11.5 Å². The first-order chi connectivity index (χ1) is 9.95. The number of hydrogen-bond acceptors (Lipinski definition) is 3. The van der Waals surface area contributed by atoms with E-state index in [4.69, 9.17) is 16.3 Å². The molecular weight excluding hydrogens is 290 g/mol. The number of hydrogen-bond donors (Lipinski definition) is 2. The van der Waals surface area contributed by atoms with Crippen LogP contribution < -0.4 is 10.1 Å². The monoisotopic (exact) mass is 305 g/mol. The molecule has 0 unspecified atom stereocenters. The first-order valence-corrected chi connectivity index (χ1v) is 6.82. The summed E-state index contributed by atoms with van der Waals surface area (Å²) in [6, 6.07) is 10.2. The van der Waals surface area contributed by atoms with E-state index in [1.807, 2.05) is 32.0 Å². The van der Waals surface area contributed by atoms with Gasteiger partial charge in [-0.3, -0.25) is 4.79 Å². The van der Waals surface area contributed by atoms with Gasteiger partial charge in [0, 0.05) is 5.02 Å². The van der Waals surface area contributed by atoms with Gasteiger partial charge in [0.15, 0.2) is 6.61 Å². The quantitative estimate of drug-likeness (QED) is 0.847. The average molecular weight is 306 g/mol. The number of nitrogens with one attached hydrogen (secondary N) is 1. The van der Waals surface area contributed by atoms with Gasteiger partial charge >= 0.3 is 0 Å². The minimum atomic E-state index is -0.368. The Morgan fingerprint density at radius 2 is 2.00 bits per heavy atom. The molecule has 0 atom stereocenters. The van der Waals surface area contributed by atoms with E-state index in [2.05, 4.69) is 5.32 Å². The fraction of sp³-hybridized carbons (Fsp3) is 0.188. The lowest BCUT2D eigenvalue weighted by Crippen LogP contribution is -2.20. The van der Waals surface area contributed by atoms with E-state index in [9.17, 15) is 9.90 Å². The van der Waals surface area contributed by atoms with Crippen LogP contribution in [0.25, 0.3) is 0 Å². The van der Waals surface area contributed by atoms with Gasteiger partial charge in [-0.25, -0.2) is 0 Å². The molecule has 21 heavy (non-hydrogen) atoms. The first-order valence-electron chi connectivity index (χ1n) is 6.44. The summed E-state index contributed by atoms with van der Waals surface area (Å²) in [6.45, 7) is 3.77. The zero-order valence-electron chi connectivity index (χ0n) is 11.8. The molecule has 1 amide bonds. The predicted molar refractivity (Wildman–Crippen MR) is 83.2 cm³/mol. The number of phenolic OH excluding ortho intramolecular Hbond substituents is 1. The number of carbonyl (C=O) groups excluding carboxylic acids is 1. The summed E-state index contributed by atoms with van der Waals surface area (Å²) < 4.78 is 5.47. The van der Waals surface area contributed by atoms with E-state index >= 15 is 0 Å². The third kappa shape index (κ3) is 4.13. The van der Waals surface area contributed by atoms with Gasteiger partial charge in [0.25, 0.3) is 5.91 Å². The molecule has 4 nitrogen and oxygen atoms in total. The molecule has 2 N–H and O–H groups in total. The topological polar surface area (TPSA) is 58.6 Å². The highest BCUT2D eigenvalue weighted by molar-refractivity contribution is 6.31. The largest absolute Gasteiger partial charge is 0.506 e. The van der Waals surface area contributed by atoms with E-state index in [0.717, 1.165) is 11.1 Å². The lowest BCUT2D eigenvalue weighted by molar-refractivity contribution is -0.118. The van der Waals surface area contributed by atoms with Gasteiger partial charge in [0.05, 0.1) is 5.69 Å². The second kappa shape index (κ2) is 6.50. The third-order valence-corrected chi connectivity index (χ3v) is 3.16. The van der Waals surface area contributed by atoms with Crippen molar-refractivity contribution < 1.29 is 14.6 Å². The molecule has 0 aromatic heterocycles. The molecule has 0 aliphatic rings. The second-order valence-corrected chi connectivity index (χ2v) is 5.20. The van der Waals surface area contributed by atoms with Crippen molar-refractivity contribution in [3.63, 3.8) is 0 Å². The zero-order chi connectivity index (χ0) is 15.4. The van der Waals surface area contributed by atoms with Crippen LogP contribution in [0.4, 0.5) is 5.69 Å². The summed E-state index contributed by atoms with van der Waals surface area (Å²) in [5.41, 5.74) is 2.36. The van der Waals surface area contributed by atoms with Crippen molar-refractivity contribution in [3.8, 4) is 11.5 Å². The van der Waals surface area contributed by atoms with Crippen LogP contribution in [-0.4, -0.2) is 17.6 Å². The predicted octanol–water partition coefficient (Wildman–Crippen LogP) is 3.68. The van der Waals surface area contributed by atoms with Gasteiger partial charge in [-0.15, -0.1) is 0 Å². The molecule has 0 spiro atoms. The molecule has 5 heteroatoms.